The summed E-state index contributed by atoms with van der Waals surface area (Å²) in [6, 6.07) is 3.70. The third-order valence-corrected chi connectivity index (χ3v) is 3.34. The molecule has 2 heterocycles. The first-order chi connectivity index (χ1) is 11.1. The van der Waals surface area contributed by atoms with Crippen LogP contribution >= 0.6 is 0 Å². The zero-order valence-corrected chi connectivity index (χ0v) is 12.1. The fourth-order valence-corrected chi connectivity index (χ4v) is 2.28. The molecule has 0 N–H and O–H groups in total. The summed E-state index contributed by atoms with van der Waals surface area (Å²) in [6.45, 7) is -0.488. The van der Waals surface area contributed by atoms with Gasteiger partial charge in [0.05, 0.1) is 30.9 Å². The third-order valence-electron chi connectivity index (χ3n) is 3.34. The van der Waals surface area contributed by atoms with Crippen LogP contribution in [0.5, 0.6) is 5.75 Å². The predicted octanol–water partition coefficient (Wildman–Crippen LogP) is 2.67. The molecule has 1 aliphatic heterocycles. The molecule has 1 fully saturated rings. The molecule has 0 aliphatic carbocycles. The van der Waals surface area contributed by atoms with Crippen LogP contribution in [0.25, 0.3) is 11.3 Å². The number of aromatic nitrogens is 2. The maximum absolute atomic E-state index is 13.5. The van der Waals surface area contributed by atoms with E-state index in [2.05, 4.69) is 19.6 Å². The number of hydrogen-bond acceptors (Lipinski definition) is 5. The highest BCUT2D eigenvalue weighted by atomic mass is 19.3. The molecule has 0 radical (unpaired) electrons. The number of halogens is 3. The van der Waals surface area contributed by atoms with Gasteiger partial charge in [-0.15, -0.1) is 0 Å². The number of benzene rings is 1. The molecule has 1 aromatic heterocycles. The molecule has 0 atom stereocenters. The van der Waals surface area contributed by atoms with Crippen molar-refractivity contribution in [3.8, 4) is 17.0 Å². The molecule has 122 valence electrons. The summed E-state index contributed by atoms with van der Waals surface area (Å²) in [5, 5.41) is 0. The average Bonchev–Trinajstić information content (AvgIpc) is 3.02. The van der Waals surface area contributed by atoms with Crippen LogP contribution in [-0.2, 0) is 11.3 Å². The van der Waals surface area contributed by atoms with E-state index in [1.54, 1.807) is 6.20 Å². The smallest absolute Gasteiger partial charge is 0.387 e. The van der Waals surface area contributed by atoms with Crippen molar-refractivity contribution in [2.24, 2.45) is 0 Å². The van der Waals surface area contributed by atoms with Crippen LogP contribution in [0.15, 0.2) is 30.6 Å². The van der Waals surface area contributed by atoms with Crippen molar-refractivity contribution in [1.29, 1.82) is 0 Å². The van der Waals surface area contributed by atoms with Gasteiger partial charge in [-0.1, -0.05) is 0 Å². The number of nitrogens with zero attached hydrogens (tertiary/aromatic N) is 3. The molecule has 5 nitrogen and oxygen atoms in total. The van der Waals surface area contributed by atoms with Gasteiger partial charge in [0.2, 0.25) is 0 Å². The highest BCUT2D eigenvalue weighted by Crippen LogP contribution is 2.26. The lowest BCUT2D eigenvalue weighted by Crippen LogP contribution is -2.20. The van der Waals surface area contributed by atoms with Crippen LogP contribution in [0.4, 0.5) is 13.2 Å². The zero-order chi connectivity index (χ0) is 16.2. The first-order valence-electron chi connectivity index (χ1n) is 6.97. The van der Waals surface area contributed by atoms with E-state index in [0.29, 0.717) is 36.8 Å². The SMILES string of the molecule is Fc1ccc(-c2cncc(CN3CCOC3)n2)cc1OC(F)F. The molecule has 0 bridgehead atoms. The van der Waals surface area contributed by atoms with Gasteiger partial charge in [0.1, 0.15) is 0 Å². The second-order valence-corrected chi connectivity index (χ2v) is 5.01. The van der Waals surface area contributed by atoms with Crippen molar-refractivity contribution in [2.45, 2.75) is 13.2 Å². The van der Waals surface area contributed by atoms with Crippen molar-refractivity contribution in [3.63, 3.8) is 0 Å². The fourth-order valence-electron chi connectivity index (χ4n) is 2.28. The van der Waals surface area contributed by atoms with Crippen molar-refractivity contribution in [1.82, 2.24) is 14.9 Å². The number of rotatable bonds is 5. The van der Waals surface area contributed by atoms with Gasteiger partial charge < -0.3 is 9.47 Å². The molecule has 23 heavy (non-hydrogen) atoms. The van der Waals surface area contributed by atoms with Gasteiger partial charge >= 0.3 is 6.61 Å². The average molecular weight is 325 g/mol. The van der Waals surface area contributed by atoms with Gasteiger partial charge in [-0.2, -0.15) is 8.78 Å². The monoisotopic (exact) mass is 325 g/mol. The molecule has 1 saturated heterocycles. The van der Waals surface area contributed by atoms with E-state index in [1.165, 1.54) is 18.3 Å². The Bertz CT molecular complexity index is 679. The number of hydrogen-bond donors (Lipinski definition) is 0. The summed E-state index contributed by atoms with van der Waals surface area (Å²) in [5.74, 6) is -1.37. The molecular formula is C15H14F3N3O2. The Morgan fingerprint density at radius 3 is 2.91 bits per heavy atom. The lowest BCUT2D eigenvalue weighted by molar-refractivity contribution is -0.0521. The number of alkyl halides is 2. The molecule has 0 saturated carbocycles. The Morgan fingerprint density at radius 1 is 1.30 bits per heavy atom. The van der Waals surface area contributed by atoms with Crippen molar-refractivity contribution < 1.29 is 22.6 Å². The molecule has 8 heteroatoms. The minimum atomic E-state index is -3.09. The lowest BCUT2D eigenvalue weighted by atomic mass is 10.1. The zero-order valence-electron chi connectivity index (χ0n) is 12.1. The maximum atomic E-state index is 13.5. The first kappa shape index (κ1) is 15.7. The second kappa shape index (κ2) is 6.93. The van der Waals surface area contributed by atoms with Crippen LogP contribution < -0.4 is 4.74 Å². The van der Waals surface area contributed by atoms with Gasteiger partial charge in [0.25, 0.3) is 0 Å². The molecular weight excluding hydrogens is 311 g/mol. The van der Waals surface area contributed by atoms with Crippen molar-refractivity contribution >= 4 is 0 Å². The minimum absolute atomic E-state index is 0.453. The molecule has 0 amide bonds. The summed E-state index contributed by atoms with van der Waals surface area (Å²) in [5.41, 5.74) is 1.63. The summed E-state index contributed by atoms with van der Waals surface area (Å²) < 4.78 is 47.5. The van der Waals surface area contributed by atoms with E-state index in [-0.39, 0.29) is 0 Å². The molecule has 0 spiro atoms. The first-order valence-corrected chi connectivity index (χ1v) is 6.97. The van der Waals surface area contributed by atoms with Crippen LogP contribution in [-0.4, -0.2) is 41.4 Å². The second-order valence-electron chi connectivity index (χ2n) is 5.01. The standard InChI is InChI=1S/C15H14F3N3O2/c16-12-2-1-10(5-14(12)23-15(17)18)13-7-19-6-11(20-13)8-21-3-4-22-9-21/h1-2,5-7,15H,3-4,8-9H2. The van der Waals surface area contributed by atoms with Crippen LogP contribution in [0, 0.1) is 5.82 Å². The Morgan fingerprint density at radius 2 is 2.17 bits per heavy atom. The Kier molecular flexibility index (Phi) is 4.73. The highest BCUT2D eigenvalue weighted by molar-refractivity contribution is 5.60. The van der Waals surface area contributed by atoms with E-state index in [4.69, 9.17) is 4.74 Å². The number of ether oxygens (including phenoxy) is 2. The van der Waals surface area contributed by atoms with E-state index in [0.717, 1.165) is 12.6 Å². The molecule has 1 aromatic carbocycles. The highest BCUT2D eigenvalue weighted by Gasteiger charge is 2.15. The third kappa shape index (κ3) is 3.96. The van der Waals surface area contributed by atoms with E-state index in [9.17, 15) is 13.2 Å². The summed E-state index contributed by atoms with van der Waals surface area (Å²) >= 11 is 0. The lowest BCUT2D eigenvalue weighted by Gasteiger charge is -2.13. The maximum Gasteiger partial charge on any atom is 0.387 e. The van der Waals surface area contributed by atoms with Gasteiger partial charge in [0.15, 0.2) is 11.6 Å². The Balaban J connectivity index is 1.83. The minimum Gasteiger partial charge on any atom is -0.432 e. The van der Waals surface area contributed by atoms with E-state index < -0.39 is 18.2 Å². The fraction of sp³-hybridized carbons (Fsp3) is 0.333. The van der Waals surface area contributed by atoms with Crippen LogP contribution in [0.1, 0.15) is 5.69 Å². The predicted molar refractivity (Wildman–Crippen MR) is 75.3 cm³/mol. The van der Waals surface area contributed by atoms with Crippen molar-refractivity contribution in [3.05, 3.63) is 42.1 Å². The summed E-state index contributed by atoms with van der Waals surface area (Å²) in [6.07, 6.45) is 3.12. The molecule has 2 aromatic rings. The van der Waals surface area contributed by atoms with Gasteiger partial charge in [0, 0.05) is 24.8 Å². The molecule has 3 rings (SSSR count). The Labute approximate surface area is 130 Å². The van der Waals surface area contributed by atoms with Crippen LogP contribution in [0.2, 0.25) is 0 Å². The van der Waals surface area contributed by atoms with E-state index >= 15 is 0 Å². The quantitative estimate of drug-likeness (QED) is 0.846. The molecule has 0 unspecified atom stereocenters. The summed E-state index contributed by atoms with van der Waals surface area (Å²) in [7, 11) is 0. The molecule has 1 aliphatic rings. The van der Waals surface area contributed by atoms with Gasteiger partial charge in [-0.3, -0.25) is 9.88 Å². The normalized spacial score (nSPS) is 15.3. The van der Waals surface area contributed by atoms with Gasteiger partial charge in [-0.05, 0) is 18.2 Å². The largest absolute Gasteiger partial charge is 0.432 e. The van der Waals surface area contributed by atoms with Crippen molar-refractivity contribution in [2.75, 3.05) is 19.9 Å². The topological polar surface area (TPSA) is 47.5 Å². The van der Waals surface area contributed by atoms with E-state index in [1.807, 2.05) is 0 Å². The van der Waals surface area contributed by atoms with Crippen LogP contribution in [0.3, 0.4) is 0 Å². The Hall–Kier alpha value is -2.19. The summed E-state index contributed by atoms with van der Waals surface area (Å²) in [4.78, 5) is 10.6. The van der Waals surface area contributed by atoms with Gasteiger partial charge in [-0.25, -0.2) is 9.37 Å².